The van der Waals surface area contributed by atoms with Crippen LogP contribution >= 0.6 is 0 Å². The summed E-state index contributed by atoms with van der Waals surface area (Å²) in [4.78, 5) is 2.17. The molecule has 22 heavy (non-hydrogen) atoms. The first kappa shape index (κ1) is 18.1. The lowest BCUT2D eigenvalue weighted by Crippen LogP contribution is -2.51. The fourth-order valence-electron chi connectivity index (χ4n) is 3.25. The monoisotopic (exact) mass is 335 g/mol. The van der Waals surface area contributed by atoms with E-state index in [2.05, 4.69) is 9.62 Å². The molecule has 7 nitrogen and oxygen atoms in total. The Morgan fingerprint density at radius 2 is 1.77 bits per heavy atom. The van der Waals surface area contributed by atoms with Gasteiger partial charge in [0.05, 0.1) is 6.61 Å². The Balaban J connectivity index is 1.77. The van der Waals surface area contributed by atoms with Crippen molar-refractivity contribution < 1.29 is 18.3 Å². The molecule has 8 heteroatoms. The largest absolute Gasteiger partial charge is 0.395 e. The molecule has 0 bridgehead atoms. The Bertz CT molecular complexity index is 416. The molecule has 0 saturated carbocycles. The molecule has 2 saturated heterocycles. The Labute approximate surface area is 133 Å². The zero-order valence-electron chi connectivity index (χ0n) is 13.4. The summed E-state index contributed by atoms with van der Waals surface area (Å²) in [7, 11) is -1.69. The predicted molar refractivity (Wildman–Crippen MR) is 84.8 cm³/mol. The number of hydrogen-bond acceptors (Lipinski definition) is 5. The minimum Gasteiger partial charge on any atom is -0.395 e. The van der Waals surface area contributed by atoms with Gasteiger partial charge in [-0.3, -0.25) is 0 Å². The molecule has 0 aromatic carbocycles. The summed E-state index contributed by atoms with van der Waals surface area (Å²) >= 11 is 0. The van der Waals surface area contributed by atoms with Gasteiger partial charge in [0.2, 0.25) is 0 Å². The molecule has 0 aromatic rings. The maximum Gasteiger partial charge on any atom is 0.279 e. The molecule has 2 aliphatic rings. The van der Waals surface area contributed by atoms with Gasteiger partial charge in [0.15, 0.2) is 0 Å². The third-order valence-electron chi connectivity index (χ3n) is 4.64. The van der Waals surface area contributed by atoms with Crippen LogP contribution in [0.25, 0.3) is 0 Å². The highest BCUT2D eigenvalue weighted by atomic mass is 32.2. The predicted octanol–water partition coefficient (Wildman–Crippen LogP) is -0.364. The molecular weight excluding hydrogens is 306 g/mol. The van der Waals surface area contributed by atoms with Crippen molar-refractivity contribution >= 4 is 10.2 Å². The summed E-state index contributed by atoms with van der Waals surface area (Å²) in [6.45, 7) is 4.37. The third-order valence-corrected chi connectivity index (χ3v) is 6.31. The lowest BCUT2D eigenvalue weighted by Gasteiger charge is -2.35. The number of piperidine rings is 2. The fraction of sp³-hybridized carbons (Fsp3) is 1.00. The fourth-order valence-corrected chi connectivity index (χ4v) is 4.75. The van der Waals surface area contributed by atoms with Crippen LogP contribution in [-0.4, -0.2) is 81.8 Å². The van der Waals surface area contributed by atoms with Gasteiger partial charge in [0.1, 0.15) is 0 Å². The van der Waals surface area contributed by atoms with Crippen LogP contribution in [0.15, 0.2) is 0 Å². The number of ether oxygens (including phenoxy) is 1. The minimum atomic E-state index is -3.38. The molecule has 0 aliphatic carbocycles. The number of aliphatic hydroxyl groups excluding tert-OH is 1. The van der Waals surface area contributed by atoms with Crippen LogP contribution in [0.4, 0.5) is 0 Å². The van der Waals surface area contributed by atoms with Gasteiger partial charge >= 0.3 is 0 Å². The van der Waals surface area contributed by atoms with E-state index in [0.29, 0.717) is 32.2 Å². The van der Waals surface area contributed by atoms with Gasteiger partial charge in [0.25, 0.3) is 10.2 Å². The quantitative estimate of drug-likeness (QED) is 0.664. The van der Waals surface area contributed by atoms with Crippen molar-refractivity contribution in [2.45, 2.75) is 31.7 Å². The van der Waals surface area contributed by atoms with Gasteiger partial charge in [-0.25, -0.2) is 0 Å². The van der Waals surface area contributed by atoms with E-state index in [1.54, 1.807) is 11.4 Å². The van der Waals surface area contributed by atoms with E-state index in [-0.39, 0.29) is 12.6 Å². The zero-order valence-corrected chi connectivity index (χ0v) is 14.2. The second-order valence-electron chi connectivity index (χ2n) is 6.26. The molecule has 2 fully saturated rings. The molecule has 0 radical (unpaired) electrons. The van der Waals surface area contributed by atoms with Gasteiger partial charge in [-0.2, -0.15) is 17.4 Å². The summed E-state index contributed by atoms with van der Waals surface area (Å²) in [5.41, 5.74) is 0. The molecule has 0 atom stereocenters. The van der Waals surface area contributed by atoms with Gasteiger partial charge in [-0.1, -0.05) is 0 Å². The highest BCUT2D eigenvalue weighted by Gasteiger charge is 2.30. The first-order valence-electron chi connectivity index (χ1n) is 8.14. The average Bonchev–Trinajstić information content (AvgIpc) is 2.50. The molecule has 0 aromatic heterocycles. The average molecular weight is 335 g/mol. The van der Waals surface area contributed by atoms with Gasteiger partial charge in [-0.15, -0.1) is 0 Å². The van der Waals surface area contributed by atoms with Crippen molar-refractivity contribution in [2.24, 2.45) is 5.92 Å². The van der Waals surface area contributed by atoms with E-state index in [9.17, 15) is 8.42 Å². The van der Waals surface area contributed by atoms with E-state index in [1.165, 1.54) is 0 Å². The van der Waals surface area contributed by atoms with Crippen molar-refractivity contribution in [1.29, 1.82) is 0 Å². The summed E-state index contributed by atoms with van der Waals surface area (Å²) in [5, 5.41) is 8.93. The number of rotatable bonds is 7. The molecule has 0 unspecified atom stereocenters. The minimum absolute atomic E-state index is 0.0108. The number of nitrogens with zero attached hydrogens (tertiary/aromatic N) is 2. The highest BCUT2D eigenvalue weighted by molar-refractivity contribution is 7.87. The van der Waals surface area contributed by atoms with Crippen LogP contribution < -0.4 is 4.72 Å². The lowest BCUT2D eigenvalue weighted by molar-refractivity contribution is 0.120. The second kappa shape index (κ2) is 8.56. The number of aliphatic hydroxyl groups is 1. The maximum absolute atomic E-state index is 12.5. The number of nitrogens with one attached hydrogen (secondary N) is 1. The molecular formula is C14H29N3O4S. The molecule has 0 spiro atoms. The van der Waals surface area contributed by atoms with Gasteiger partial charge in [0, 0.05) is 39.4 Å². The number of methoxy groups -OCH3 is 1. The van der Waals surface area contributed by atoms with Crippen molar-refractivity contribution in [1.82, 2.24) is 13.9 Å². The molecule has 0 amide bonds. The Morgan fingerprint density at radius 3 is 2.32 bits per heavy atom. The Morgan fingerprint density at radius 1 is 1.14 bits per heavy atom. The third kappa shape index (κ3) is 5.14. The van der Waals surface area contributed by atoms with Crippen molar-refractivity contribution in [3.8, 4) is 0 Å². The number of likely N-dealkylation sites (tertiary alicyclic amines) is 1. The van der Waals surface area contributed by atoms with Crippen LogP contribution in [0.3, 0.4) is 0 Å². The summed E-state index contributed by atoms with van der Waals surface area (Å²) in [6.07, 6.45) is 3.34. The van der Waals surface area contributed by atoms with Crippen LogP contribution in [0.5, 0.6) is 0 Å². The van der Waals surface area contributed by atoms with E-state index >= 15 is 0 Å². The van der Waals surface area contributed by atoms with Gasteiger partial charge in [-0.05, 0) is 44.7 Å². The van der Waals surface area contributed by atoms with E-state index < -0.39 is 10.2 Å². The summed E-state index contributed by atoms with van der Waals surface area (Å²) in [6, 6.07) is 0.0108. The summed E-state index contributed by atoms with van der Waals surface area (Å²) in [5.74, 6) is 0.471. The summed E-state index contributed by atoms with van der Waals surface area (Å²) < 4.78 is 34.5. The molecule has 2 heterocycles. The lowest BCUT2D eigenvalue weighted by atomic mass is 9.99. The Kier molecular flexibility index (Phi) is 7.04. The smallest absolute Gasteiger partial charge is 0.279 e. The zero-order chi connectivity index (χ0) is 16.0. The Hall–Kier alpha value is -0.250. The first-order chi connectivity index (χ1) is 10.5. The van der Waals surface area contributed by atoms with E-state index in [0.717, 1.165) is 38.8 Å². The maximum atomic E-state index is 12.5. The number of β-amino-alcohol motifs (C(OH)–C–C–N with tert-alkyl or cyclic N) is 1. The van der Waals surface area contributed by atoms with Crippen LogP contribution in [0, 0.1) is 5.92 Å². The highest BCUT2D eigenvalue weighted by Crippen LogP contribution is 2.20. The van der Waals surface area contributed by atoms with Crippen molar-refractivity contribution in [3.63, 3.8) is 0 Å². The van der Waals surface area contributed by atoms with Crippen LogP contribution in [-0.2, 0) is 14.9 Å². The molecule has 2 rings (SSSR count). The van der Waals surface area contributed by atoms with E-state index in [1.807, 2.05) is 0 Å². The standard InChI is InChI=1S/C14H29N3O4S/c1-21-12-13-2-8-17(9-3-13)22(19,20)15-14-4-6-16(7-5-14)10-11-18/h13-15,18H,2-12H2,1H3. The molecule has 2 N–H and O–H groups in total. The van der Waals surface area contributed by atoms with Crippen LogP contribution in [0.1, 0.15) is 25.7 Å². The van der Waals surface area contributed by atoms with E-state index in [4.69, 9.17) is 9.84 Å². The van der Waals surface area contributed by atoms with Crippen LogP contribution in [0.2, 0.25) is 0 Å². The van der Waals surface area contributed by atoms with Gasteiger partial charge < -0.3 is 14.7 Å². The SMILES string of the molecule is COCC1CCN(S(=O)(=O)NC2CCN(CCO)CC2)CC1. The topological polar surface area (TPSA) is 82.1 Å². The molecule has 2 aliphatic heterocycles. The van der Waals surface area contributed by atoms with Crippen molar-refractivity contribution in [3.05, 3.63) is 0 Å². The number of hydrogen-bond donors (Lipinski definition) is 2. The second-order valence-corrected chi connectivity index (χ2v) is 7.96. The van der Waals surface area contributed by atoms with Crippen molar-refractivity contribution in [2.75, 3.05) is 53.0 Å². The normalized spacial score (nSPS) is 23.9. The first-order valence-corrected chi connectivity index (χ1v) is 9.58. The molecule has 130 valence electrons.